The van der Waals surface area contributed by atoms with Crippen LogP contribution in [-0.4, -0.2) is 4.92 Å². The number of nitro groups is 1. The first kappa shape index (κ1) is 14.3. The fourth-order valence-corrected chi connectivity index (χ4v) is 1.85. The van der Waals surface area contributed by atoms with Crippen molar-refractivity contribution >= 4 is 17.3 Å². The van der Waals surface area contributed by atoms with Crippen molar-refractivity contribution in [2.45, 2.75) is 13.0 Å². The monoisotopic (exact) mass is 292 g/mol. The molecule has 0 spiro atoms. The third kappa shape index (κ3) is 3.26. The molecule has 0 unspecified atom stereocenters. The highest BCUT2D eigenvalue weighted by Gasteiger charge is 2.16. The van der Waals surface area contributed by atoms with Crippen LogP contribution in [0.4, 0.5) is 5.69 Å². The smallest absolute Gasteiger partial charge is 0.311 e. The van der Waals surface area contributed by atoms with Gasteiger partial charge in [-0.3, -0.25) is 10.1 Å². The molecule has 0 bridgehead atoms. The number of hydrogen-bond donors (Lipinski definition) is 1. The van der Waals surface area contributed by atoms with Crippen LogP contribution in [0, 0.1) is 10.1 Å². The molecule has 2 rings (SSSR count). The lowest BCUT2D eigenvalue weighted by molar-refractivity contribution is -0.385. The zero-order valence-corrected chi connectivity index (χ0v) is 11.5. The van der Waals surface area contributed by atoms with Gasteiger partial charge in [0, 0.05) is 23.2 Å². The van der Waals surface area contributed by atoms with Crippen LogP contribution in [0.5, 0.6) is 11.5 Å². The number of halogens is 1. The van der Waals surface area contributed by atoms with Crippen molar-refractivity contribution in [3.05, 3.63) is 63.2 Å². The highest BCUT2D eigenvalue weighted by atomic mass is 35.5. The van der Waals surface area contributed by atoms with Crippen LogP contribution >= 0.6 is 11.6 Å². The van der Waals surface area contributed by atoms with Crippen molar-refractivity contribution < 1.29 is 9.66 Å². The van der Waals surface area contributed by atoms with E-state index >= 15 is 0 Å². The van der Waals surface area contributed by atoms with Gasteiger partial charge in [-0.1, -0.05) is 23.7 Å². The van der Waals surface area contributed by atoms with Crippen molar-refractivity contribution in [1.82, 2.24) is 0 Å². The Morgan fingerprint density at radius 1 is 1.25 bits per heavy atom. The van der Waals surface area contributed by atoms with Gasteiger partial charge in [0.05, 0.1) is 4.92 Å². The predicted octanol–water partition coefficient (Wildman–Crippen LogP) is 4.06. The Hall–Kier alpha value is -2.11. The van der Waals surface area contributed by atoms with E-state index in [1.54, 1.807) is 12.1 Å². The molecule has 6 heteroatoms. The van der Waals surface area contributed by atoms with Crippen LogP contribution in [-0.2, 0) is 0 Å². The number of nitrogens with two attached hydrogens (primary N) is 1. The summed E-state index contributed by atoms with van der Waals surface area (Å²) in [7, 11) is 0. The lowest BCUT2D eigenvalue weighted by atomic mass is 10.1. The second-order valence-corrected chi connectivity index (χ2v) is 4.77. The molecule has 0 radical (unpaired) electrons. The Bertz CT molecular complexity index is 627. The maximum Gasteiger partial charge on any atom is 0.311 e. The number of hydrogen-bond acceptors (Lipinski definition) is 4. The van der Waals surface area contributed by atoms with Gasteiger partial charge in [0.15, 0.2) is 0 Å². The highest BCUT2D eigenvalue weighted by molar-refractivity contribution is 6.30. The van der Waals surface area contributed by atoms with E-state index < -0.39 is 4.92 Å². The van der Waals surface area contributed by atoms with E-state index in [0.717, 1.165) is 5.56 Å². The molecule has 20 heavy (non-hydrogen) atoms. The number of nitrogens with zero attached hydrogens (tertiary/aromatic N) is 1. The molecular formula is C14H13ClN2O3. The molecule has 5 nitrogen and oxygen atoms in total. The van der Waals surface area contributed by atoms with Gasteiger partial charge < -0.3 is 10.5 Å². The lowest BCUT2D eigenvalue weighted by Crippen LogP contribution is -2.04. The number of ether oxygens (including phenoxy) is 1. The molecule has 1 atom stereocenters. The van der Waals surface area contributed by atoms with Crippen molar-refractivity contribution in [3.63, 3.8) is 0 Å². The molecular weight excluding hydrogens is 280 g/mol. The average Bonchev–Trinajstić information content (AvgIpc) is 2.39. The quantitative estimate of drug-likeness (QED) is 0.681. The molecule has 0 aromatic heterocycles. The van der Waals surface area contributed by atoms with Crippen molar-refractivity contribution in [2.24, 2.45) is 5.73 Å². The van der Waals surface area contributed by atoms with Crippen LogP contribution in [0.3, 0.4) is 0 Å². The second kappa shape index (κ2) is 5.90. The molecule has 0 fully saturated rings. The first-order valence-corrected chi connectivity index (χ1v) is 6.32. The van der Waals surface area contributed by atoms with E-state index in [-0.39, 0.29) is 17.5 Å². The summed E-state index contributed by atoms with van der Waals surface area (Å²) in [4.78, 5) is 10.4. The van der Waals surface area contributed by atoms with E-state index in [4.69, 9.17) is 22.1 Å². The number of rotatable bonds is 4. The average molecular weight is 293 g/mol. The maximum atomic E-state index is 10.9. The summed E-state index contributed by atoms with van der Waals surface area (Å²) in [6, 6.07) is 11.2. The molecule has 0 aliphatic rings. The fraction of sp³-hybridized carbons (Fsp3) is 0.143. The second-order valence-electron chi connectivity index (χ2n) is 4.33. The SMILES string of the molecule is C[C@H](N)c1ccc(Oc2cc(Cl)ccc2[N+](=O)[O-])cc1. The van der Waals surface area contributed by atoms with Gasteiger partial charge in [0.2, 0.25) is 5.75 Å². The first-order chi connectivity index (χ1) is 9.47. The van der Waals surface area contributed by atoms with E-state index in [1.807, 2.05) is 19.1 Å². The van der Waals surface area contributed by atoms with Crippen LogP contribution in [0.15, 0.2) is 42.5 Å². The van der Waals surface area contributed by atoms with Gasteiger partial charge in [-0.25, -0.2) is 0 Å². The topological polar surface area (TPSA) is 78.4 Å². The molecule has 0 aliphatic carbocycles. The molecule has 2 N–H and O–H groups in total. The molecule has 0 aliphatic heterocycles. The normalized spacial score (nSPS) is 11.9. The van der Waals surface area contributed by atoms with Crippen molar-refractivity contribution in [1.29, 1.82) is 0 Å². The summed E-state index contributed by atoms with van der Waals surface area (Å²) in [5.41, 5.74) is 6.58. The van der Waals surface area contributed by atoms with E-state index in [9.17, 15) is 10.1 Å². The Morgan fingerprint density at radius 3 is 2.45 bits per heavy atom. The van der Waals surface area contributed by atoms with E-state index in [0.29, 0.717) is 10.8 Å². The Morgan fingerprint density at radius 2 is 1.90 bits per heavy atom. The third-order valence-corrected chi connectivity index (χ3v) is 2.99. The minimum atomic E-state index is -0.512. The largest absolute Gasteiger partial charge is 0.450 e. The summed E-state index contributed by atoms with van der Waals surface area (Å²) >= 11 is 5.84. The minimum Gasteiger partial charge on any atom is -0.450 e. The Kier molecular flexibility index (Phi) is 4.22. The minimum absolute atomic E-state index is 0.0791. The Balaban J connectivity index is 2.29. The third-order valence-electron chi connectivity index (χ3n) is 2.75. The van der Waals surface area contributed by atoms with Crippen LogP contribution < -0.4 is 10.5 Å². The molecule has 104 valence electrons. The first-order valence-electron chi connectivity index (χ1n) is 5.94. The predicted molar refractivity (Wildman–Crippen MR) is 77.2 cm³/mol. The molecule has 0 amide bonds. The number of benzene rings is 2. The van der Waals surface area contributed by atoms with Gasteiger partial charge in [-0.15, -0.1) is 0 Å². The van der Waals surface area contributed by atoms with Gasteiger partial charge in [-0.05, 0) is 30.7 Å². The summed E-state index contributed by atoms with van der Waals surface area (Å²) in [6.07, 6.45) is 0. The van der Waals surface area contributed by atoms with Crippen LogP contribution in [0.2, 0.25) is 5.02 Å². The summed E-state index contributed by atoms with van der Waals surface area (Å²) in [5.74, 6) is 0.593. The molecule has 0 saturated carbocycles. The van der Waals surface area contributed by atoms with Crippen molar-refractivity contribution in [3.8, 4) is 11.5 Å². The lowest BCUT2D eigenvalue weighted by Gasteiger charge is -2.09. The number of nitro benzene ring substituents is 1. The molecule has 0 saturated heterocycles. The van der Waals surface area contributed by atoms with Crippen LogP contribution in [0.1, 0.15) is 18.5 Å². The molecule has 0 heterocycles. The van der Waals surface area contributed by atoms with Gasteiger partial charge in [0.1, 0.15) is 5.75 Å². The van der Waals surface area contributed by atoms with Gasteiger partial charge in [0.25, 0.3) is 0 Å². The fourth-order valence-electron chi connectivity index (χ4n) is 1.69. The summed E-state index contributed by atoms with van der Waals surface area (Å²) in [5, 5.41) is 11.3. The maximum absolute atomic E-state index is 10.9. The zero-order valence-electron chi connectivity index (χ0n) is 10.7. The van der Waals surface area contributed by atoms with Crippen LogP contribution in [0.25, 0.3) is 0 Å². The van der Waals surface area contributed by atoms with Gasteiger partial charge in [-0.2, -0.15) is 0 Å². The van der Waals surface area contributed by atoms with Crippen molar-refractivity contribution in [2.75, 3.05) is 0 Å². The summed E-state index contributed by atoms with van der Waals surface area (Å²) in [6.45, 7) is 1.87. The molecule has 2 aromatic carbocycles. The summed E-state index contributed by atoms with van der Waals surface area (Å²) < 4.78 is 5.52. The van der Waals surface area contributed by atoms with Gasteiger partial charge >= 0.3 is 5.69 Å². The standard InChI is InChI=1S/C14H13ClN2O3/c1-9(16)10-2-5-12(6-3-10)20-14-8-11(15)4-7-13(14)17(18)19/h2-9H,16H2,1H3/t9-/m0/s1. The highest BCUT2D eigenvalue weighted by Crippen LogP contribution is 2.33. The Labute approximate surface area is 121 Å². The molecule has 2 aromatic rings. The van der Waals surface area contributed by atoms with E-state index in [1.165, 1.54) is 18.2 Å². The zero-order chi connectivity index (χ0) is 14.7. The van der Waals surface area contributed by atoms with E-state index in [2.05, 4.69) is 0 Å².